The molecule has 1 amide bonds. The molecule has 1 aromatic heterocycles. The lowest BCUT2D eigenvalue weighted by atomic mass is 9.83. The fourth-order valence-corrected chi connectivity index (χ4v) is 5.33. The van der Waals surface area contributed by atoms with E-state index in [0.29, 0.717) is 12.3 Å². The highest BCUT2D eigenvalue weighted by Crippen LogP contribution is 2.38. The standard InChI is InChI=1S/C29H33N3O2.CH2O3/c1-19-25(18-27(33)32-31-19)16-21-11-13-24(14-12-21)28(23-6-2-3-7-23)29(34)30-26-8-4-5-22(17-26)15-20-9-10-20;2-1(3)4/h4-5,8,11-14,17-18,20,23,28H,2-3,6-7,9-10,15-16H2,1H3,(H,30,34)(H,32,33);(H2,2,3,4). The number of carbonyl (C=O) groups is 2. The van der Waals surface area contributed by atoms with Gasteiger partial charge in [0.2, 0.25) is 5.91 Å². The van der Waals surface area contributed by atoms with Crippen molar-refractivity contribution >= 4 is 17.7 Å². The summed E-state index contributed by atoms with van der Waals surface area (Å²) in [5, 5.41) is 23.7. The molecular formula is C30H35N3O5. The van der Waals surface area contributed by atoms with Crippen LogP contribution >= 0.6 is 0 Å². The van der Waals surface area contributed by atoms with Crippen molar-refractivity contribution < 1.29 is 19.8 Å². The third-order valence-corrected chi connectivity index (χ3v) is 7.41. The van der Waals surface area contributed by atoms with Crippen LogP contribution < -0.4 is 10.9 Å². The normalized spacial score (nSPS) is 15.8. The molecule has 3 aromatic rings. The zero-order chi connectivity index (χ0) is 27.1. The van der Waals surface area contributed by atoms with Crippen LogP contribution in [0.5, 0.6) is 0 Å². The van der Waals surface area contributed by atoms with Gasteiger partial charge in [0, 0.05) is 11.8 Å². The highest BCUT2D eigenvalue weighted by atomic mass is 16.6. The van der Waals surface area contributed by atoms with E-state index in [4.69, 9.17) is 15.0 Å². The van der Waals surface area contributed by atoms with Crippen molar-refractivity contribution in [2.75, 3.05) is 5.32 Å². The average Bonchev–Trinajstić information content (AvgIpc) is 3.52. The van der Waals surface area contributed by atoms with Crippen molar-refractivity contribution in [1.82, 2.24) is 10.2 Å². The van der Waals surface area contributed by atoms with Gasteiger partial charge in [-0.05, 0) is 91.7 Å². The Morgan fingerprint density at radius 1 is 1.00 bits per heavy atom. The first-order chi connectivity index (χ1) is 18.3. The van der Waals surface area contributed by atoms with Crippen LogP contribution in [0.4, 0.5) is 10.5 Å². The second-order valence-corrected chi connectivity index (χ2v) is 10.4. The third-order valence-electron chi connectivity index (χ3n) is 7.41. The van der Waals surface area contributed by atoms with Crippen molar-refractivity contribution in [1.29, 1.82) is 0 Å². The Morgan fingerprint density at radius 2 is 1.68 bits per heavy atom. The number of amides is 1. The number of hydrogen-bond donors (Lipinski definition) is 4. The minimum absolute atomic E-state index is 0.0952. The molecule has 1 unspecified atom stereocenters. The van der Waals surface area contributed by atoms with Crippen LogP contribution in [0, 0.1) is 18.8 Å². The molecule has 2 aliphatic carbocycles. The van der Waals surface area contributed by atoms with Crippen LogP contribution in [0.2, 0.25) is 0 Å². The molecule has 5 rings (SSSR count). The Balaban J connectivity index is 0.000000786. The van der Waals surface area contributed by atoms with E-state index in [1.165, 1.54) is 31.2 Å². The Kier molecular flexibility index (Phi) is 8.94. The number of carbonyl (C=O) groups excluding carboxylic acids is 1. The first kappa shape index (κ1) is 27.1. The van der Waals surface area contributed by atoms with E-state index in [9.17, 15) is 9.59 Å². The highest BCUT2D eigenvalue weighted by molar-refractivity contribution is 5.96. The minimum Gasteiger partial charge on any atom is -0.450 e. The first-order valence-electron chi connectivity index (χ1n) is 13.2. The predicted molar refractivity (Wildman–Crippen MR) is 146 cm³/mol. The summed E-state index contributed by atoms with van der Waals surface area (Å²) < 4.78 is 0. The maximum absolute atomic E-state index is 13.5. The zero-order valence-corrected chi connectivity index (χ0v) is 21.7. The molecule has 2 aromatic carbocycles. The summed E-state index contributed by atoms with van der Waals surface area (Å²) in [4.78, 5) is 33.8. The Labute approximate surface area is 222 Å². The van der Waals surface area contributed by atoms with E-state index in [1.807, 2.05) is 13.0 Å². The lowest BCUT2D eigenvalue weighted by molar-refractivity contribution is -0.118. The second-order valence-electron chi connectivity index (χ2n) is 10.4. The summed E-state index contributed by atoms with van der Waals surface area (Å²) in [6.45, 7) is 1.90. The molecule has 1 atom stereocenters. The van der Waals surface area contributed by atoms with Crippen molar-refractivity contribution in [3.8, 4) is 0 Å². The first-order valence-corrected chi connectivity index (χ1v) is 13.2. The SMILES string of the molecule is Cc1n[nH]c(=O)cc1Cc1ccc(C(C(=O)Nc2cccc(CC3CC3)c2)C2CCCC2)cc1.O=C(O)O. The van der Waals surface area contributed by atoms with Gasteiger partial charge in [0.05, 0.1) is 11.6 Å². The Hall–Kier alpha value is -3.94. The van der Waals surface area contributed by atoms with Crippen LogP contribution in [0.25, 0.3) is 0 Å². The Bertz CT molecular complexity index is 1300. The lowest BCUT2D eigenvalue weighted by Crippen LogP contribution is -2.26. The van der Waals surface area contributed by atoms with Gasteiger partial charge in [0.15, 0.2) is 0 Å². The van der Waals surface area contributed by atoms with E-state index in [1.54, 1.807) is 6.07 Å². The van der Waals surface area contributed by atoms with Crippen LogP contribution in [0.3, 0.4) is 0 Å². The number of aromatic amines is 1. The number of nitrogens with zero attached hydrogens (tertiary/aromatic N) is 1. The molecule has 38 heavy (non-hydrogen) atoms. The van der Waals surface area contributed by atoms with Crippen LogP contribution in [0.1, 0.15) is 72.4 Å². The number of aryl methyl sites for hydroxylation is 1. The molecule has 0 aliphatic heterocycles. The molecule has 8 heteroatoms. The van der Waals surface area contributed by atoms with Gasteiger partial charge in [0.1, 0.15) is 0 Å². The molecule has 200 valence electrons. The van der Waals surface area contributed by atoms with E-state index in [0.717, 1.165) is 53.3 Å². The molecule has 0 spiro atoms. The Morgan fingerprint density at radius 3 is 2.34 bits per heavy atom. The smallest absolute Gasteiger partial charge is 0.450 e. The molecule has 0 saturated heterocycles. The molecule has 8 nitrogen and oxygen atoms in total. The van der Waals surface area contributed by atoms with Crippen LogP contribution in [0.15, 0.2) is 59.4 Å². The number of anilines is 1. The van der Waals surface area contributed by atoms with Gasteiger partial charge >= 0.3 is 6.16 Å². The highest BCUT2D eigenvalue weighted by Gasteiger charge is 2.32. The van der Waals surface area contributed by atoms with E-state index < -0.39 is 6.16 Å². The summed E-state index contributed by atoms with van der Waals surface area (Å²) >= 11 is 0. The topological polar surface area (TPSA) is 132 Å². The molecule has 2 aliphatic rings. The number of aromatic nitrogens is 2. The number of carboxylic acid groups (broad SMARTS) is 2. The van der Waals surface area contributed by atoms with Gasteiger partial charge in [-0.3, -0.25) is 9.59 Å². The fourth-order valence-electron chi connectivity index (χ4n) is 5.33. The summed E-state index contributed by atoms with van der Waals surface area (Å²) in [5.41, 5.74) is 5.96. The molecule has 2 fully saturated rings. The number of hydrogen-bond acceptors (Lipinski definition) is 4. The van der Waals surface area contributed by atoms with E-state index in [2.05, 4.69) is 58.0 Å². The van der Waals surface area contributed by atoms with Crippen molar-refractivity contribution in [3.63, 3.8) is 0 Å². The van der Waals surface area contributed by atoms with Gasteiger partial charge in [-0.2, -0.15) is 5.10 Å². The quantitative estimate of drug-likeness (QED) is 0.300. The van der Waals surface area contributed by atoms with E-state index >= 15 is 0 Å². The van der Waals surface area contributed by atoms with Crippen LogP contribution in [-0.2, 0) is 17.6 Å². The van der Waals surface area contributed by atoms with Gasteiger partial charge in [0.25, 0.3) is 5.56 Å². The van der Waals surface area contributed by atoms with Crippen molar-refractivity contribution in [3.05, 3.63) is 92.9 Å². The number of rotatable bonds is 8. The molecule has 0 radical (unpaired) electrons. The maximum atomic E-state index is 13.5. The molecule has 1 heterocycles. The number of benzene rings is 2. The predicted octanol–water partition coefficient (Wildman–Crippen LogP) is 5.76. The molecular weight excluding hydrogens is 482 g/mol. The van der Waals surface area contributed by atoms with Crippen molar-refractivity contribution in [2.24, 2.45) is 11.8 Å². The second kappa shape index (κ2) is 12.5. The summed E-state index contributed by atoms with van der Waals surface area (Å²) in [7, 11) is 0. The molecule has 2 saturated carbocycles. The van der Waals surface area contributed by atoms with E-state index in [-0.39, 0.29) is 17.4 Å². The summed E-state index contributed by atoms with van der Waals surface area (Å²) in [6.07, 6.45) is 7.16. The van der Waals surface area contributed by atoms with Crippen molar-refractivity contribution in [2.45, 2.75) is 64.2 Å². The summed E-state index contributed by atoms with van der Waals surface area (Å²) in [5.74, 6) is 1.15. The number of H-pyrrole nitrogens is 1. The van der Waals surface area contributed by atoms with Gasteiger partial charge in [-0.15, -0.1) is 0 Å². The fraction of sp³-hybridized carbons (Fsp3) is 0.400. The largest absolute Gasteiger partial charge is 0.503 e. The molecule has 4 N–H and O–H groups in total. The third kappa shape index (κ3) is 7.78. The minimum atomic E-state index is -1.83. The molecule has 0 bridgehead atoms. The average molecular weight is 518 g/mol. The monoisotopic (exact) mass is 517 g/mol. The number of nitrogens with one attached hydrogen (secondary N) is 2. The maximum Gasteiger partial charge on any atom is 0.503 e. The zero-order valence-electron chi connectivity index (χ0n) is 21.7. The summed E-state index contributed by atoms with van der Waals surface area (Å²) in [6, 6.07) is 18.3. The van der Waals surface area contributed by atoms with Gasteiger partial charge in [-0.1, -0.05) is 49.2 Å². The van der Waals surface area contributed by atoms with Gasteiger partial charge in [-0.25, -0.2) is 9.89 Å². The van der Waals surface area contributed by atoms with Gasteiger partial charge < -0.3 is 15.5 Å². The van der Waals surface area contributed by atoms with Crippen LogP contribution in [-0.4, -0.2) is 32.5 Å². The lowest BCUT2D eigenvalue weighted by Gasteiger charge is -2.24.